The van der Waals surface area contributed by atoms with Crippen LogP contribution in [0.4, 0.5) is 5.13 Å². The fourth-order valence-electron chi connectivity index (χ4n) is 1.86. The minimum absolute atomic E-state index is 0.264. The summed E-state index contributed by atoms with van der Waals surface area (Å²) >= 11 is 1.40. The number of benzene rings is 1. The summed E-state index contributed by atoms with van der Waals surface area (Å²) < 4.78 is 5.23. The van der Waals surface area contributed by atoms with Crippen LogP contribution < -0.4 is 5.73 Å². The van der Waals surface area contributed by atoms with Gasteiger partial charge in [-0.2, -0.15) is 0 Å². The average molecular weight is 290 g/mol. The second-order valence-corrected chi connectivity index (χ2v) is 5.48. The largest absolute Gasteiger partial charge is 0.462 e. The molecule has 1 heterocycles. The van der Waals surface area contributed by atoms with Gasteiger partial charge < -0.3 is 10.5 Å². The predicted molar refractivity (Wildman–Crippen MR) is 81.9 cm³/mol. The Hall–Kier alpha value is -1.88. The zero-order valence-electron chi connectivity index (χ0n) is 11.7. The molecule has 0 fully saturated rings. The van der Waals surface area contributed by atoms with E-state index in [0.29, 0.717) is 17.3 Å². The Labute approximate surface area is 122 Å². The van der Waals surface area contributed by atoms with Crippen LogP contribution >= 0.6 is 11.3 Å². The molecular formula is C15H18N2O2S. The number of anilines is 1. The lowest BCUT2D eigenvalue weighted by Crippen LogP contribution is -2.08. The molecule has 0 bridgehead atoms. The molecule has 0 aliphatic carbocycles. The molecule has 2 rings (SSSR count). The molecule has 106 valence electrons. The number of nitrogen functional groups attached to an aromatic ring is 1. The molecule has 20 heavy (non-hydrogen) atoms. The van der Waals surface area contributed by atoms with Gasteiger partial charge in [-0.05, 0) is 31.0 Å². The fraction of sp³-hybridized carbons (Fsp3) is 0.333. The number of thiazole rings is 1. The van der Waals surface area contributed by atoms with E-state index in [-0.39, 0.29) is 5.97 Å². The Morgan fingerprint density at radius 1 is 1.45 bits per heavy atom. The lowest BCUT2D eigenvalue weighted by atomic mass is 10.0. The molecule has 2 aromatic rings. The number of carbonyl (C=O) groups is 1. The van der Waals surface area contributed by atoms with Crippen LogP contribution in [0, 0.1) is 6.92 Å². The molecular weight excluding hydrogens is 272 g/mol. The van der Waals surface area contributed by atoms with Gasteiger partial charge in [-0.25, -0.2) is 9.78 Å². The second-order valence-electron chi connectivity index (χ2n) is 4.59. The maximum Gasteiger partial charge on any atom is 0.338 e. The van der Waals surface area contributed by atoms with Crippen molar-refractivity contribution < 1.29 is 9.53 Å². The molecule has 0 aliphatic rings. The second kappa shape index (κ2) is 6.52. The maximum atomic E-state index is 11.9. The Balaban J connectivity index is 2.15. The fourth-order valence-corrected chi connectivity index (χ4v) is 2.43. The summed E-state index contributed by atoms with van der Waals surface area (Å²) in [5, 5.41) is 2.45. The third-order valence-electron chi connectivity index (χ3n) is 3.00. The van der Waals surface area contributed by atoms with Gasteiger partial charge in [-0.15, -0.1) is 11.3 Å². The first-order chi connectivity index (χ1) is 9.61. The molecule has 0 unspecified atom stereocenters. The minimum Gasteiger partial charge on any atom is -0.462 e. The third kappa shape index (κ3) is 3.36. The number of hydrogen-bond acceptors (Lipinski definition) is 5. The lowest BCUT2D eigenvalue weighted by Gasteiger charge is -2.08. The van der Waals surface area contributed by atoms with E-state index in [1.807, 2.05) is 24.4 Å². The highest BCUT2D eigenvalue weighted by Crippen LogP contribution is 2.25. The van der Waals surface area contributed by atoms with E-state index in [9.17, 15) is 4.79 Å². The SMILES string of the molecule is CCCCOC(=O)c1ccc(-c2csc(N)n2)cc1C. The third-order valence-corrected chi connectivity index (χ3v) is 3.67. The van der Waals surface area contributed by atoms with Crippen molar-refractivity contribution in [3.05, 3.63) is 34.7 Å². The Morgan fingerprint density at radius 3 is 2.85 bits per heavy atom. The van der Waals surface area contributed by atoms with Crippen molar-refractivity contribution >= 4 is 22.4 Å². The molecule has 0 saturated carbocycles. The van der Waals surface area contributed by atoms with E-state index in [1.165, 1.54) is 11.3 Å². The van der Waals surface area contributed by atoms with Crippen LogP contribution in [-0.4, -0.2) is 17.6 Å². The van der Waals surface area contributed by atoms with E-state index >= 15 is 0 Å². The first kappa shape index (κ1) is 14.5. The summed E-state index contributed by atoms with van der Waals surface area (Å²) in [6.45, 7) is 4.43. The number of nitrogens with zero attached hydrogens (tertiary/aromatic N) is 1. The van der Waals surface area contributed by atoms with Crippen LogP contribution in [0.1, 0.15) is 35.7 Å². The molecule has 5 heteroatoms. The van der Waals surface area contributed by atoms with Crippen molar-refractivity contribution in [2.24, 2.45) is 0 Å². The Kier molecular flexibility index (Phi) is 4.74. The zero-order valence-corrected chi connectivity index (χ0v) is 12.5. The molecule has 1 aromatic carbocycles. The average Bonchev–Trinajstić information content (AvgIpc) is 2.85. The van der Waals surface area contributed by atoms with Crippen LogP contribution in [0.2, 0.25) is 0 Å². The van der Waals surface area contributed by atoms with Gasteiger partial charge in [0, 0.05) is 10.9 Å². The summed E-state index contributed by atoms with van der Waals surface area (Å²) in [4.78, 5) is 16.2. The van der Waals surface area contributed by atoms with Gasteiger partial charge in [0.15, 0.2) is 5.13 Å². The van der Waals surface area contributed by atoms with Gasteiger partial charge in [-0.3, -0.25) is 0 Å². The van der Waals surface area contributed by atoms with Gasteiger partial charge in [0.25, 0.3) is 0 Å². The van der Waals surface area contributed by atoms with Crippen LogP contribution in [0.25, 0.3) is 11.3 Å². The Morgan fingerprint density at radius 2 is 2.25 bits per heavy atom. The normalized spacial score (nSPS) is 10.5. The van der Waals surface area contributed by atoms with Crippen molar-refractivity contribution in [3.8, 4) is 11.3 Å². The van der Waals surface area contributed by atoms with Gasteiger partial charge >= 0.3 is 5.97 Å². The van der Waals surface area contributed by atoms with Crippen molar-refractivity contribution in [3.63, 3.8) is 0 Å². The summed E-state index contributed by atoms with van der Waals surface area (Å²) in [7, 11) is 0. The number of carbonyl (C=O) groups excluding carboxylic acids is 1. The molecule has 0 amide bonds. The van der Waals surface area contributed by atoms with E-state index in [2.05, 4.69) is 11.9 Å². The van der Waals surface area contributed by atoms with E-state index in [1.54, 1.807) is 6.07 Å². The van der Waals surface area contributed by atoms with Crippen molar-refractivity contribution in [1.29, 1.82) is 0 Å². The standard InChI is InChI=1S/C15H18N2O2S/c1-3-4-7-19-14(18)12-6-5-11(8-10(12)2)13-9-20-15(16)17-13/h5-6,8-9H,3-4,7H2,1-2H3,(H2,16,17). The highest BCUT2D eigenvalue weighted by molar-refractivity contribution is 7.13. The van der Waals surface area contributed by atoms with Crippen LogP contribution in [0.3, 0.4) is 0 Å². The summed E-state index contributed by atoms with van der Waals surface area (Å²) in [5.41, 5.74) is 8.92. The van der Waals surface area contributed by atoms with Crippen molar-refractivity contribution in [2.75, 3.05) is 12.3 Å². The maximum absolute atomic E-state index is 11.9. The number of aromatic nitrogens is 1. The molecule has 0 spiro atoms. The number of hydrogen-bond donors (Lipinski definition) is 1. The van der Waals surface area contributed by atoms with Crippen LogP contribution in [0.5, 0.6) is 0 Å². The monoisotopic (exact) mass is 290 g/mol. The van der Waals surface area contributed by atoms with Crippen LogP contribution in [-0.2, 0) is 4.74 Å². The smallest absolute Gasteiger partial charge is 0.338 e. The highest BCUT2D eigenvalue weighted by Gasteiger charge is 2.12. The van der Waals surface area contributed by atoms with Crippen LogP contribution in [0.15, 0.2) is 23.6 Å². The van der Waals surface area contributed by atoms with Gasteiger partial charge in [0.2, 0.25) is 0 Å². The first-order valence-corrected chi connectivity index (χ1v) is 7.49. The molecule has 0 saturated heterocycles. The number of esters is 1. The van der Waals surface area contributed by atoms with Crippen molar-refractivity contribution in [1.82, 2.24) is 4.98 Å². The lowest BCUT2D eigenvalue weighted by molar-refractivity contribution is 0.0499. The van der Waals surface area contributed by atoms with E-state index < -0.39 is 0 Å². The topological polar surface area (TPSA) is 65.2 Å². The molecule has 0 radical (unpaired) electrons. The van der Waals surface area contributed by atoms with Gasteiger partial charge in [0.05, 0.1) is 17.9 Å². The summed E-state index contributed by atoms with van der Waals surface area (Å²) in [6.07, 6.45) is 1.90. The first-order valence-electron chi connectivity index (χ1n) is 6.61. The minimum atomic E-state index is -0.264. The van der Waals surface area contributed by atoms with Crippen molar-refractivity contribution in [2.45, 2.75) is 26.7 Å². The highest BCUT2D eigenvalue weighted by atomic mass is 32.1. The van der Waals surface area contributed by atoms with E-state index in [4.69, 9.17) is 10.5 Å². The number of unbranched alkanes of at least 4 members (excludes halogenated alkanes) is 1. The molecule has 0 atom stereocenters. The van der Waals surface area contributed by atoms with Gasteiger partial charge in [-0.1, -0.05) is 19.4 Å². The number of ether oxygens (including phenoxy) is 1. The molecule has 2 N–H and O–H groups in total. The Bertz CT molecular complexity index is 608. The van der Waals surface area contributed by atoms with Gasteiger partial charge in [0.1, 0.15) is 0 Å². The molecule has 4 nitrogen and oxygen atoms in total. The number of nitrogens with two attached hydrogens (primary N) is 1. The molecule has 1 aromatic heterocycles. The number of aryl methyl sites for hydroxylation is 1. The summed E-state index contributed by atoms with van der Waals surface area (Å²) in [6, 6.07) is 5.59. The number of rotatable bonds is 5. The summed E-state index contributed by atoms with van der Waals surface area (Å²) in [5.74, 6) is -0.264. The quantitative estimate of drug-likeness (QED) is 0.674. The van der Waals surface area contributed by atoms with E-state index in [0.717, 1.165) is 29.7 Å². The zero-order chi connectivity index (χ0) is 14.5. The molecule has 0 aliphatic heterocycles. The predicted octanol–water partition coefficient (Wildman–Crippen LogP) is 3.66.